The highest BCUT2D eigenvalue weighted by Gasteiger charge is 2.14. The van der Waals surface area contributed by atoms with E-state index in [0.29, 0.717) is 6.54 Å². The molecule has 2 rings (SSSR count). The molecule has 0 aromatic heterocycles. The Morgan fingerprint density at radius 3 is 1.96 bits per heavy atom. The van der Waals surface area contributed by atoms with Crippen LogP contribution in [0.5, 0.6) is 0 Å². The number of halogens is 1. The maximum absolute atomic E-state index is 11.2. The fraction of sp³-hybridized carbons (Fsp3) is 0.316. The fourth-order valence-electron chi connectivity index (χ4n) is 2.51. The number of carbonyl (C=O) groups excluding carboxylic acids is 1. The van der Waals surface area contributed by atoms with E-state index < -0.39 is 6.10 Å². The SMILES string of the molecule is O=C(CCl)NC[C@@H](O)CN(Cc1ccccc1)Cc1ccccc1. The first kappa shape index (κ1) is 18.5. The lowest BCUT2D eigenvalue weighted by atomic mass is 10.1. The lowest BCUT2D eigenvalue weighted by Gasteiger charge is -2.25. The van der Waals surface area contributed by atoms with Crippen LogP contribution in [0.25, 0.3) is 0 Å². The molecule has 4 nitrogen and oxygen atoms in total. The monoisotopic (exact) mass is 346 g/mol. The minimum Gasteiger partial charge on any atom is -0.390 e. The smallest absolute Gasteiger partial charge is 0.235 e. The summed E-state index contributed by atoms with van der Waals surface area (Å²) >= 11 is 5.45. The van der Waals surface area contributed by atoms with E-state index in [1.807, 2.05) is 36.4 Å². The second kappa shape index (κ2) is 10.1. The Morgan fingerprint density at radius 2 is 1.50 bits per heavy atom. The van der Waals surface area contributed by atoms with E-state index in [1.54, 1.807) is 0 Å². The number of carbonyl (C=O) groups is 1. The molecule has 0 aliphatic carbocycles. The van der Waals surface area contributed by atoms with Crippen molar-refractivity contribution in [1.82, 2.24) is 10.2 Å². The number of nitrogens with zero attached hydrogens (tertiary/aromatic N) is 1. The van der Waals surface area contributed by atoms with Crippen molar-refractivity contribution in [3.63, 3.8) is 0 Å². The molecule has 2 aromatic rings. The van der Waals surface area contributed by atoms with E-state index in [1.165, 1.54) is 11.1 Å². The summed E-state index contributed by atoms with van der Waals surface area (Å²) in [6, 6.07) is 20.3. The van der Waals surface area contributed by atoms with E-state index in [4.69, 9.17) is 11.6 Å². The molecule has 0 bridgehead atoms. The van der Waals surface area contributed by atoms with Gasteiger partial charge in [-0.25, -0.2) is 0 Å². The largest absolute Gasteiger partial charge is 0.390 e. The quantitative estimate of drug-likeness (QED) is 0.685. The summed E-state index contributed by atoms with van der Waals surface area (Å²) in [5, 5.41) is 12.8. The lowest BCUT2D eigenvalue weighted by Crippen LogP contribution is -2.40. The summed E-state index contributed by atoms with van der Waals surface area (Å²) in [5.74, 6) is -0.363. The molecule has 0 unspecified atom stereocenters. The summed E-state index contributed by atoms with van der Waals surface area (Å²) in [6.07, 6.45) is -0.649. The molecule has 5 heteroatoms. The number of hydrogen-bond donors (Lipinski definition) is 2. The Labute approximate surface area is 148 Å². The van der Waals surface area contributed by atoms with Crippen LogP contribution < -0.4 is 5.32 Å². The van der Waals surface area contributed by atoms with Crippen molar-refractivity contribution in [1.29, 1.82) is 0 Å². The number of benzene rings is 2. The van der Waals surface area contributed by atoms with E-state index in [9.17, 15) is 9.90 Å². The lowest BCUT2D eigenvalue weighted by molar-refractivity contribution is -0.119. The van der Waals surface area contributed by atoms with Gasteiger partial charge >= 0.3 is 0 Å². The van der Waals surface area contributed by atoms with Gasteiger partial charge in [0, 0.05) is 26.2 Å². The second-order valence-corrected chi connectivity index (χ2v) is 6.00. The Morgan fingerprint density at radius 1 is 1.00 bits per heavy atom. The van der Waals surface area contributed by atoms with Gasteiger partial charge < -0.3 is 10.4 Å². The molecule has 128 valence electrons. The summed E-state index contributed by atoms with van der Waals surface area (Å²) in [7, 11) is 0. The summed E-state index contributed by atoms with van der Waals surface area (Å²) in [4.78, 5) is 13.4. The number of aliphatic hydroxyl groups excluding tert-OH is 1. The molecule has 0 fully saturated rings. The van der Waals surface area contributed by atoms with Crippen LogP contribution in [0.4, 0.5) is 0 Å². The third-order valence-corrected chi connectivity index (χ3v) is 3.87. The van der Waals surface area contributed by atoms with Crippen LogP contribution in [-0.2, 0) is 17.9 Å². The van der Waals surface area contributed by atoms with E-state index in [2.05, 4.69) is 34.5 Å². The molecule has 0 heterocycles. The number of alkyl halides is 1. The minimum absolute atomic E-state index is 0.0928. The Balaban J connectivity index is 1.97. The van der Waals surface area contributed by atoms with Crippen molar-refractivity contribution >= 4 is 17.5 Å². The number of hydrogen-bond acceptors (Lipinski definition) is 3. The summed E-state index contributed by atoms with van der Waals surface area (Å²) in [6.45, 7) is 2.13. The topological polar surface area (TPSA) is 52.6 Å². The maximum atomic E-state index is 11.2. The minimum atomic E-state index is -0.649. The Hall–Kier alpha value is -1.88. The van der Waals surface area contributed by atoms with Crippen molar-refractivity contribution in [2.75, 3.05) is 19.0 Å². The second-order valence-electron chi connectivity index (χ2n) is 5.73. The van der Waals surface area contributed by atoms with Crippen LogP contribution in [0.3, 0.4) is 0 Å². The van der Waals surface area contributed by atoms with E-state index >= 15 is 0 Å². The highest BCUT2D eigenvalue weighted by Crippen LogP contribution is 2.10. The zero-order chi connectivity index (χ0) is 17.2. The number of rotatable bonds is 9. The summed E-state index contributed by atoms with van der Waals surface area (Å²) < 4.78 is 0. The van der Waals surface area contributed by atoms with Crippen LogP contribution in [0.15, 0.2) is 60.7 Å². The average Bonchev–Trinajstić information content (AvgIpc) is 2.61. The van der Waals surface area contributed by atoms with E-state index in [0.717, 1.165) is 13.1 Å². The first-order valence-electron chi connectivity index (χ1n) is 7.98. The molecular formula is C19H23ClN2O2. The van der Waals surface area contributed by atoms with Crippen LogP contribution >= 0.6 is 11.6 Å². The van der Waals surface area contributed by atoms with Crippen molar-refractivity contribution in [3.8, 4) is 0 Å². The standard InChI is InChI=1S/C19H23ClN2O2/c20-11-19(24)21-12-18(23)15-22(13-16-7-3-1-4-8-16)14-17-9-5-2-6-10-17/h1-10,18,23H,11-15H2,(H,21,24)/t18-/m1/s1. The predicted molar refractivity (Wildman–Crippen MR) is 96.7 cm³/mol. The first-order valence-corrected chi connectivity index (χ1v) is 8.51. The molecule has 0 aliphatic rings. The van der Waals surface area contributed by atoms with Crippen molar-refractivity contribution in [3.05, 3.63) is 71.8 Å². The van der Waals surface area contributed by atoms with Gasteiger partial charge in [-0.05, 0) is 11.1 Å². The van der Waals surface area contributed by atoms with Gasteiger partial charge in [0.2, 0.25) is 5.91 Å². The van der Waals surface area contributed by atoms with Gasteiger partial charge in [-0.3, -0.25) is 9.69 Å². The predicted octanol–water partition coefficient (Wildman–Crippen LogP) is 2.40. The molecule has 1 atom stereocenters. The van der Waals surface area contributed by atoms with Gasteiger partial charge in [0.15, 0.2) is 0 Å². The average molecular weight is 347 g/mol. The van der Waals surface area contributed by atoms with Gasteiger partial charge in [0.05, 0.1) is 6.10 Å². The number of aliphatic hydroxyl groups is 1. The molecule has 0 aliphatic heterocycles. The molecule has 0 radical (unpaired) electrons. The zero-order valence-electron chi connectivity index (χ0n) is 13.6. The van der Waals surface area contributed by atoms with Crippen LogP contribution in [0.1, 0.15) is 11.1 Å². The van der Waals surface area contributed by atoms with Gasteiger partial charge in [-0.2, -0.15) is 0 Å². The third-order valence-electron chi connectivity index (χ3n) is 3.62. The van der Waals surface area contributed by atoms with Gasteiger partial charge in [-0.15, -0.1) is 11.6 Å². The molecule has 0 saturated heterocycles. The molecule has 0 spiro atoms. The highest BCUT2D eigenvalue weighted by molar-refractivity contribution is 6.27. The number of nitrogens with one attached hydrogen (secondary N) is 1. The van der Waals surface area contributed by atoms with Crippen molar-refractivity contribution in [2.24, 2.45) is 0 Å². The molecule has 24 heavy (non-hydrogen) atoms. The summed E-state index contributed by atoms with van der Waals surface area (Å²) in [5.41, 5.74) is 2.37. The highest BCUT2D eigenvalue weighted by atomic mass is 35.5. The molecule has 2 N–H and O–H groups in total. The van der Waals surface area contributed by atoms with Gasteiger partial charge in [-0.1, -0.05) is 60.7 Å². The maximum Gasteiger partial charge on any atom is 0.235 e. The normalized spacial score (nSPS) is 12.1. The van der Waals surface area contributed by atoms with Crippen molar-refractivity contribution in [2.45, 2.75) is 19.2 Å². The van der Waals surface area contributed by atoms with E-state index in [-0.39, 0.29) is 18.3 Å². The molecular weight excluding hydrogens is 324 g/mol. The zero-order valence-corrected chi connectivity index (χ0v) is 14.3. The Kier molecular flexibility index (Phi) is 7.75. The van der Waals surface area contributed by atoms with Crippen LogP contribution in [-0.4, -0.2) is 41.0 Å². The Bertz CT molecular complexity index is 566. The first-order chi connectivity index (χ1) is 11.7. The van der Waals surface area contributed by atoms with Gasteiger partial charge in [0.1, 0.15) is 5.88 Å². The third kappa shape index (κ3) is 6.71. The molecule has 1 amide bonds. The van der Waals surface area contributed by atoms with Gasteiger partial charge in [0.25, 0.3) is 0 Å². The van der Waals surface area contributed by atoms with Crippen LogP contribution in [0.2, 0.25) is 0 Å². The fourth-order valence-corrected chi connectivity index (χ4v) is 2.60. The van der Waals surface area contributed by atoms with Crippen molar-refractivity contribution < 1.29 is 9.90 Å². The molecule has 2 aromatic carbocycles. The molecule has 0 saturated carbocycles. The number of amides is 1. The van der Waals surface area contributed by atoms with Crippen LogP contribution in [0, 0.1) is 0 Å².